The first kappa shape index (κ1) is 17.4. The van der Waals surface area contributed by atoms with Crippen molar-refractivity contribution in [2.24, 2.45) is 28.6 Å². The molecule has 2 N–H and O–H groups in total. The van der Waals surface area contributed by atoms with Gasteiger partial charge in [-0.05, 0) is 74.7 Å². The molecule has 138 valence electrons. The number of carbonyl (C=O) groups is 2. The molecule has 0 heterocycles. The van der Waals surface area contributed by atoms with E-state index in [9.17, 15) is 19.8 Å². The van der Waals surface area contributed by atoms with Crippen LogP contribution in [0.15, 0.2) is 11.6 Å². The van der Waals surface area contributed by atoms with Crippen LogP contribution in [0.4, 0.5) is 0 Å². The number of aliphatic hydroxyl groups excluding tert-OH is 1. The van der Waals surface area contributed by atoms with Gasteiger partial charge >= 0.3 is 0 Å². The summed E-state index contributed by atoms with van der Waals surface area (Å²) < 4.78 is 0. The van der Waals surface area contributed by atoms with Crippen LogP contribution in [-0.2, 0) is 9.59 Å². The van der Waals surface area contributed by atoms with Crippen LogP contribution in [0.2, 0.25) is 0 Å². The number of rotatable bonds is 1. The van der Waals surface area contributed by atoms with Gasteiger partial charge in [0.15, 0.2) is 11.6 Å². The van der Waals surface area contributed by atoms with E-state index < -0.39 is 17.1 Å². The number of ketones is 2. The molecule has 4 rings (SSSR count). The Morgan fingerprint density at radius 1 is 1.20 bits per heavy atom. The number of hydrogen-bond acceptors (Lipinski definition) is 4. The van der Waals surface area contributed by atoms with E-state index in [0.29, 0.717) is 25.2 Å². The van der Waals surface area contributed by atoms with Gasteiger partial charge in [0, 0.05) is 11.8 Å². The van der Waals surface area contributed by atoms with E-state index in [4.69, 9.17) is 0 Å². The second kappa shape index (κ2) is 5.26. The van der Waals surface area contributed by atoms with Crippen molar-refractivity contribution in [2.45, 2.75) is 77.4 Å². The minimum absolute atomic E-state index is 0.117. The molecule has 3 fully saturated rings. The van der Waals surface area contributed by atoms with E-state index in [2.05, 4.69) is 6.92 Å². The topological polar surface area (TPSA) is 74.6 Å². The fourth-order valence-electron chi connectivity index (χ4n) is 7.27. The first-order valence-electron chi connectivity index (χ1n) is 9.79. The van der Waals surface area contributed by atoms with Crippen LogP contribution in [0.3, 0.4) is 0 Å². The Balaban J connectivity index is 1.75. The van der Waals surface area contributed by atoms with Gasteiger partial charge in [0.2, 0.25) is 0 Å². The number of allylic oxidation sites excluding steroid dienone is 1. The molecule has 4 nitrogen and oxygen atoms in total. The Kier molecular flexibility index (Phi) is 3.66. The molecule has 4 aliphatic rings. The Morgan fingerprint density at radius 2 is 1.92 bits per heavy atom. The van der Waals surface area contributed by atoms with E-state index in [-0.39, 0.29) is 28.8 Å². The second-order valence-corrected chi connectivity index (χ2v) is 9.53. The standard InChI is InChI=1S/C21H30O4/c1-12(22)21(25)9-7-16-15-5-4-13-10-14(23)6-8-19(13,2)18(15)17(24)11-20(16,21)3/h10,15-18,24-25H,4-9,11H2,1-3H3/t15-,16-,17+,18+,19-,20-,21+/m0/s1. The molecule has 0 radical (unpaired) electrons. The monoisotopic (exact) mass is 346 g/mol. The quantitative estimate of drug-likeness (QED) is 0.766. The average Bonchev–Trinajstić information content (AvgIpc) is 2.80. The van der Waals surface area contributed by atoms with Gasteiger partial charge in [0.25, 0.3) is 0 Å². The lowest BCUT2D eigenvalue weighted by molar-refractivity contribution is -0.179. The molecule has 4 heteroatoms. The zero-order valence-electron chi connectivity index (χ0n) is 15.5. The van der Waals surface area contributed by atoms with E-state index in [1.165, 1.54) is 12.5 Å². The molecule has 0 spiro atoms. The van der Waals surface area contributed by atoms with Gasteiger partial charge in [-0.1, -0.05) is 19.4 Å². The van der Waals surface area contributed by atoms with Crippen molar-refractivity contribution in [3.8, 4) is 0 Å². The van der Waals surface area contributed by atoms with Gasteiger partial charge in [-0.2, -0.15) is 0 Å². The van der Waals surface area contributed by atoms with Crippen LogP contribution in [-0.4, -0.2) is 33.5 Å². The van der Waals surface area contributed by atoms with E-state index in [0.717, 1.165) is 25.7 Å². The zero-order valence-corrected chi connectivity index (χ0v) is 15.5. The number of fused-ring (bicyclic) bond motifs is 5. The summed E-state index contributed by atoms with van der Waals surface area (Å²) in [5.74, 6) is 0.776. The third-order valence-corrected chi connectivity index (χ3v) is 8.63. The van der Waals surface area contributed by atoms with Crippen molar-refractivity contribution in [1.82, 2.24) is 0 Å². The highest BCUT2D eigenvalue weighted by Gasteiger charge is 2.67. The van der Waals surface area contributed by atoms with Crippen molar-refractivity contribution in [3.05, 3.63) is 11.6 Å². The van der Waals surface area contributed by atoms with E-state index in [1.807, 2.05) is 13.0 Å². The van der Waals surface area contributed by atoms with Crippen molar-refractivity contribution < 1.29 is 19.8 Å². The van der Waals surface area contributed by atoms with Crippen molar-refractivity contribution in [3.63, 3.8) is 0 Å². The number of Topliss-reactive ketones (excluding diaryl/α,β-unsaturated/α-hetero) is 1. The lowest BCUT2D eigenvalue weighted by Crippen LogP contribution is -2.61. The molecule has 0 amide bonds. The Bertz CT molecular complexity index is 667. The third kappa shape index (κ3) is 2.07. The van der Waals surface area contributed by atoms with Crippen molar-refractivity contribution in [2.75, 3.05) is 0 Å². The summed E-state index contributed by atoms with van der Waals surface area (Å²) in [6.07, 6.45) is 6.38. The highest BCUT2D eigenvalue weighted by Crippen LogP contribution is 2.67. The molecule has 0 aliphatic heterocycles. The maximum absolute atomic E-state index is 12.2. The molecule has 3 saturated carbocycles. The summed E-state index contributed by atoms with van der Waals surface area (Å²) in [6.45, 7) is 5.73. The molecule has 0 bridgehead atoms. The first-order chi connectivity index (χ1) is 11.6. The van der Waals surface area contributed by atoms with Crippen LogP contribution in [0.1, 0.15) is 65.7 Å². The van der Waals surface area contributed by atoms with Crippen LogP contribution in [0, 0.1) is 28.6 Å². The largest absolute Gasteiger partial charge is 0.393 e. The SMILES string of the molecule is CC(=O)[C@]1(O)CC[C@H]2[C@@H]3CCC4=CC(=O)CC[C@]4(C)[C@H]3[C@H](O)C[C@@]21C. The normalized spacial score (nSPS) is 52.0. The van der Waals surface area contributed by atoms with Crippen LogP contribution in [0.25, 0.3) is 0 Å². The van der Waals surface area contributed by atoms with Crippen LogP contribution >= 0.6 is 0 Å². The summed E-state index contributed by atoms with van der Waals surface area (Å²) in [7, 11) is 0. The van der Waals surface area contributed by atoms with E-state index >= 15 is 0 Å². The van der Waals surface area contributed by atoms with Gasteiger partial charge in [0.05, 0.1) is 6.10 Å². The maximum Gasteiger partial charge on any atom is 0.161 e. The molecule has 0 aromatic carbocycles. The number of hydrogen-bond donors (Lipinski definition) is 2. The molecular weight excluding hydrogens is 316 g/mol. The van der Waals surface area contributed by atoms with Crippen molar-refractivity contribution in [1.29, 1.82) is 0 Å². The molecule has 7 atom stereocenters. The predicted molar refractivity (Wildman–Crippen MR) is 93.7 cm³/mol. The highest BCUT2D eigenvalue weighted by atomic mass is 16.3. The molecular formula is C21H30O4. The number of carbonyl (C=O) groups excluding carboxylic acids is 2. The summed E-state index contributed by atoms with van der Waals surface area (Å²) in [4.78, 5) is 24.1. The Hall–Kier alpha value is -1.00. The fraction of sp³-hybridized carbons (Fsp3) is 0.810. The van der Waals surface area contributed by atoms with E-state index in [1.54, 1.807) is 0 Å². The summed E-state index contributed by atoms with van der Waals surface area (Å²) in [5, 5.41) is 22.3. The van der Waals surface area contributed by atoms with Crippen LogP contribution < -0.4 is 0 Å². The molecule has 0 unspecified atom stereocenters. The molecule has 0 saturated heterocycles. The Labute approximate surface area is 149 Å². The maximum atomic E-state index is 12.2. The van der Waals surface area contributed by atoms with Gasteiger partial charge in [0.1, 0.15) is 5.60 Å². The highest BCUT2D eigenvalue weighted by molar-refractivity contribution is 5.91. The van der Waals surface area contributed by atoms with Gasteiger partial charge < -0.3 is 10.2 Å². The average molecular weight is 346 g/mol. The summed E-state index contributed by atoms with van der Waals surface area (Å²) in [6, 6.07) is 0. The van der Waals surface area contributed by atoms with Crippen molar-refractivity contribution >= 4 is 11.6 Å². The molecule has 0 aromatic heterocycles. The smallest absolute Gasteiger partial charge is 0.161 e. The lowest BCUT2D eigenvalue weighted by atomic mass is 9.45. The van der Waals surface area contributed by atoms with Crippen LogP contribution in [0.5, 0.6) is 0 Å². The molecule has 25 heavy (non-hydrogen) atoms. The lowest BCUT2D eigenvalue weighted by Gasteiger charge is -2.60. The van der Waals surface area contributed by atoms with Gasteiger partial charge in [-0.25, -0.2) is 0 Å². The summed E-state index contributed by atoms with van der Waals surface area (Å²) in [5.41, 5.74) is -0.744. The minimum atomic E-state index is -1.30. The Morgan fingerprint density at radius 3 is 2.60 bits per heavy atom. The molecule has 4 aliphatic carbocycles. The second-order valence-electron chi connectivity index (χ2n) is 9.53. The number of aliphatic hydroxyl groups is 2. The van der Waals surface area contributed by atoms with Gasteiger partial charge in [-0.15, -0.1) is 0 Å². The summed E-state index contributed by atoms with van der Waals surface area (Å²) >= 11 is 0. The predicted octanol–water partition coefficient (Wildman–Crippen LogP) is 2.81. The zero-order chi connectivity index (χ0) is 18.2. The van der Waals surface area contributed by atoms with Gasteiger partial charge in [-0.3, -0.25) is 9.59 Å². The first-order valence-corrected chi connectivity index (χ1v) is 9.79. The third-order valence-electron chi connectivity index (χ3n) is 8.63. The minimum Gasteiger partial charge on any atom is -0.393 e. The fourth-order valence-corrected chi connectivity index (χ4v) is 7.27. The molecule has 0 aromatic rings.